The van der Waals surface area contributed by atoms with Gasteiger partial charge in [-0.15, -0.1) is 0 Å². The molecule has 2 rings (SSSR count). The summed E-state index contributed by atoms with van der Waals surface area (Å²) in [5.41, 5.74) is 0.634. The number of carbonyl (C=O) groups is 2. The van der Waals surface area contributed by atoms with Crippen LogP contribution in [0.15, 0.2) is 16.7 Å². The molecule has 1 N–H and O–H groups in total. The lowest BCUT2D eigenvalue weighted by atomic mass is 10.0. The number of piperidine rings is 1. The number of aryl methyl sites for hydroxylation is 1. The van der Waals surface area contributed by atoms with Crippen molar-refractivity contribution in [1.29, 1.82) is 0 Å². The molecule has 0 radical (unpaired) electrons. The zero-order valence-electron chi connectivity index (χ0n) is 11.9. The van der Waals surface area contributed by atoms with Crippen LogP contribution in [-0.2, 0) is 11.3 Å². The van der Waals surface area contributed by atoms with Gasteiger partial charge < -0.3 is 14.8 Å². The van der Waals surface area contributed by atoms with Crippen LogP contribution in [0.5, 0.6) is 0 Å². The van der Waals surface area contributed by atoms with Crippen molar-refractivity contribution in [3.8, 4) is 0 Å². The van der Waals surface area contributed by atoms with Gasteiger partial charge in [-0.1, -0.05) is 0 Å². The molecule has 2 amide bonds. The van der Waals surface area contributed by atoms with E-state index in [0.717, 1.165) is 30.3 Å². The van der Waals surface area contributed by atoms with E-state index in [2.05, 4.69) is 21.2 Å². The van der Waals surface area contributed by atoms with E-state index in [0.29, 0.717) is 12.2 Å². The van der Waals surface area contributed by atoms with Crippen molar-refractivity contribution in [1.82, 2.24) is 14.8 Å². The second-order valence-corrected chi connectivity index (χ2v) is 5.87. The minimum absolute atomic E-state index is 0.0640. The van der Waals surface area contributed by atoms with E-state index >= 15 is 0 Å². The maximum atomic E-state index is 12.7. The normalized spacial score (nSPS) is 18.9. The van der Waals surface area contributed by atoms with Crippen LogP contribution in [0.3, 0.4) is 0 Å². The molecule has 1 saturated heterocycles. The molecule has 1 aliphatic heterocycles. The van der Waals surface area contributed by atoms with Crippen molar-refractivity contribution in [2.24, 2.45) is 0 Å². The fourth-order valence-electron chi connectivity index (χ4n) is 2.68. The first kappa shape index (κ1) is 15.1. The Kier molecular flexibility index (Phi) is 4.86. The Hall–Kier alpha value is -1.30. The minimum Gasteiger partial charge on any atom is -0.357 e. The van der Waals surface area contributed by atoms with Crippen LogP contribution in [-0.4, -0.2) is 40.9 Å². The van der Waals surface area contributed by atoms with Crippen molar-refractivity contribution < 1.29 is 9.59 Å². The lowest BCUT2D eigenvalue weighted by Crippen LogP contribution is -2.51. The summed E-state index contributed by atoms with van der Waals surface area (Å²) in [4.78, 5) is 26.4. The SMILES string of the molecule is CCn1cc(Br)cc1C(=O)N1CCCCC1C(=O)NC. The highest BCUT2D eigenvalue weighted by Crippen LogP contribution is 2.22. The van der Waals surface area contributed by atoms with E-state index in [1.807, 2.05) is 23.8 Å². The predicted molar refractivity (Wildman–Crippen MR) is 80.5 cm³/mol. The number of carbonyl (C=O) groups excluding carboxylic acids is 2. The summed E-state index contributed by atoms with van der Waals surface area (Å²) < 4.78 is 2.79. The monoisotopic (exact) mass is 341 g/mol. The van der Waals surface area contributed by atoms with Gasteiger partial charge in [-0.3, -0.25) is 9.59 Å². The minimum atomic E-state index is -0.347. The molecular formula is C14H20BrN3O2. The molecule has 0 saturated carbocycles. The van der Waals surface area contributed by atoms with Gasteiger partial charge in [-0.25, -0.2) is 0 Å². The Morgan fingerprint density at radius 3 is 2.85 bits per heavy atom. The zero-order valence-corrected chi connectivity index (χ0v) is 13.4. The highest BCUT2D eigenvalue weighted by molar-refractivity contribution is 9.10. The van der Waals surface area contributed by atoms with Gasteiger partial charge in [-0.2, -0.15) is 0 Å². The summed E-state index contributed by atoms with van der Waals surface area (Å²) in [5.74, 6) is -0.141. The number of likely N-dealkylation sites (tertiary alicyclic amines) is 1. The molecule has 6 heteroatoms. The van der Waals surface area contributed by atoms with Gasteiger partial charge >= 0.3 is 0 Å². The number of nitrogens with zero attached hydrogens (tertiary/aromatic N) is 2. The van der Waals surface area contributed by atoms with Crippen LogP contribution in [0.4, 0.5) is 0 Å². The van der Waals surface area contributed by atoms with Gasteiger partial charge in [0.05, 0.1) is 0 Å². The van der Waals surface area contributed by atoms with Crippen molar-refractivity contribution in [3.63, 3.8) is 0 Å². The fraction of sp³-hybridized carbons (Fsp3) is 0.571. The van der Waals surface area contributed by atoms with E-state index in [1.165, 1.54) is 0 Å². The van der Waals surface area contributed by atoms with Crippen LogP contribution in [0.25, 0.3) is 0 Å². The van der Waals surface area contributed by atoms with Crippen LogP contribution in [0.1, 0.15) is 36.7 Å². The molecule has 0 aliphatic carbocycles. The molecular weight excluding hydrogens is 322 g/mol. The lowest BCUT2D eigenvalue weighted by molar-refractivity contribution is -0.126. The van der Waals surface area contributed by atoms with Crippen molar-refractivity contribution in [2.45, 2.75) is 38.8 Å². The van der Waals surface area contributed by atoms with Gasteiger partial charge in [0.1, 0.15) is 11.7 Å². The molecule has 0 spiro atoms. The number of aromatic nitrogens is 1. The number of hydrogen-bond acceptors (Lipinski definition) is 2. The lowest BCUT2D eigenvalue weighted by Gasteiger charge is -2.34. The molecule has 1 unspecified atom stereocenters. The maximum Gasteiger partial charge on any atom is 0.271 e. The van der Waals surface area contributed by atoms with E-state index < -0.39 is 0 Å². The number of likely N-dealkylation sites (N-methyl/N-ethyl adjacent to an activating group) is 1. The van der Waals surface area contributed by atoms with E-state index in [9.17, 15) is 9.59 Å². The Morgan fingerprint density at radius 2 is 2.20 bits per heavy atom. The molecule has 20 heavy (non-hydrogen) atoms. The first-order valence-electron chi connectivity index (χ1n) is 6.96. The summed E-state index contributed by atoms with van der Waals surface area (Å²) in [7, 11) is 1.62. The zero-order chi connectivity index (χ0) is 14.7. The second-order valence-electron chi connectivity index (χ2n) is 4.95. The number of rotatable bonds is 3. The van der Waals surface area contributed by atoms with Crippen LogP contribution >= 0.6 is 15.9 Å². The third-order valence-electron chi connectivity index (χ3n) is 3.74. The number of hydrogen-bond donors (Lipinski definition) is 1. The predicted octanol–water partition coefficient (Wildman–Crippen LogP) is 2.01. The fourth-order valence-corrected chi connectivity index (χ4v) is 3.14. The van der Waals surface area contributed by atoms with Crippen LogP contribution < -0.4 is 5.32 Å². The largest absolute Gasteiger partial charge is 0.357 e. The van der Waals surface area contributed by atoms with Crippen molar-refractivity contribution >= 4 is 27.7 Å². The molecule has 1 aromatic rings. The Morgan fingerprint density at radius 1 is 1.45 bits per heavy atom. The molecule has 2 heterocycles. The third-order valence-corrected chi connectivity index (χ3v) is 4.17. The van der Waals surface area contributed by atoms with Gasteiger partial charge in [0.2, 0.25) is 5.91 Å². The summed E-state index contributed by atoms with van der Waals surface area (Å²) in [6.07, 6.45) is 4.57. The van der Waals surface area contributed by atoms with Gasteiger partial charge in [0.15, 0.2) is 0 Å². The van der Waals surface area contributed by atoms with Gasteiger partial charge in [0, 0.05) is 30.8 Å². The maximum absolute atomic E-state index is 12.7. The smallest absolute Gasteiger partial charge is 0.271 e. The first-order chi connectivity index (χ1) is 9.58. The quantitative estimate of drug-likeness (QED) is 0.914. The van der Waals surface area contributed by atoms with Crippen LogP contribution in [0.2, 0.25) is 0 Å². The second kappa shape index (κ2) is 6.43. The average molecular weight is 342 g/mol. The van der Waals surface area contributed by atoms with E-state index in [1.54, 1.807) is 11.9 Å². The highest BCUT2D eigenvalue weighted by atomic mass is 79.9. The third kappa shape index (κ3) is 2.90. The summed E-state index contributed by atoms with van der Waals surface area (Å²) in [6, 6.07) is 1.47. The van der Waals surface area contributed by atoms with Gasteiger partial charge in [0.25, 0.3) is 5.91 Å². The molecule has 0 bridgehead atoms. The molecule has 1 aromatic heterocycles. The van der Waals surface area contributed by atoms with Crippen LogP contribution in [0, 0.1) is 0 Å². The standard InChI is InChI=1S/C14H20BrN3O2/c1-3-17-9-10(15)8-12(17)14(20)18-7-5-4-6-11(18)13(19)16-2/h8-9,11H,3-7H2,1-2H3,(H,16,19). The first-order valence-corrected chi connectivity index (χ1v) is 7.76. The topological polar surface area (TPSA) is 54.3 Å². The Balaban J connectivity index is 2.27. The Labute approximate surface area is 127 Å². The summed E-state index contributed by atoms with van der Waals surface area (Å²) in [5, 5.41) is 2.66. The molecule has 110 valence electrons. The van der Waals surface area contributed by atoms with Crippen molar-refractivity contribution in [3.05, 3.63) is 22.4 Å². The molecule has 1 aliphatic rings. The van der Waals surface area contributed by atoms with E-state index in [4.69, 9.17) is 0 Å². The average Bonchev–Trinajstić information content (AvgIpc) is 2.86. The molecule has 1 fully saturated rings. The summed E-state index contributed by atoms with van der Waals surface area (Å²) in [6.45, 7) is 3.37. The Bertz CT molecular complexity index is 513. The number of nitrogens with one attached hydrogen (secondary N) is 1. The molecule has 1 atom stereocenters. The van der Waals surface area contributed by atoms with Crippen molar-refractivity contribution in [2.75, 3.05) is 13.6 Å². The highest BCUT2D eigenvalue weighted by Gasteiger charge is 2.33. The summed E-state index contributed by atoms with van der Waals surface area (Å²) >= 11 is 3.40. The van der Waals surface area contributed by atoms with Gasteiger partial charge in [-0.05, 0) is 48.2 Å². The number of halogens is 1. The number of amides is 2. The molecule has 5 nitrogen and oxygen atoms in total. The molecule has 0 aromatic carbocycles. The van der Waals surface area contributed by atoms with E-state index in [-0.39, 0.29) is 17.9 Å².